The SMILES string of the molecule is Nc1cccc(NC(=O)CCCN2CCCCCC2)c1. The molecule has 2 rings (SSSR count). The number of carbonyl (C=O) groups excluding carboxylic acids is 1. The van der Waals surface area contributed by atoms with Crippen molar-refractivity contribution in [1.29, 1.82) is 0 Å². The van der Waals surface area contributed by atoms with Crippen molar-refractivity contribution >= 4 is 17.3 Å². The first kappa shape index (κ1) is 14.9. The molecule has 0 unspecified atom stereocenters. The van der Waals surface area contributed by atoms with Crippen molar-refractivity contribution in [1.82, 2.24) is 4.90 Å². The van der Waals surface area contributed by atoms with Gasteiger partial charge in [0.25, 0.3) is 0 Å². The van der Waals surface area contributed by atoms with Crippen LogP contribution in [0.4, 0.5) is 11.4 Å². The molecule has 1 saturated heterocycles. The molecule has 1 amide bonds. The van der Waals surface area contributed by atoms with Gasteiger partial charge in [-0.05, 0) is 57.1 Å². The van der Waals surface area contributed by atoms with Gasteiger partial charge in [-0.15, -0.1) is 0 Å². The number of nitrogen functional groups attached to an aromatic ring is 1. The van der Waals surface area contributed by atoms with Crippen molar-refractivity contribution in [2.75, 3.05) is 30.7 Å². The molecular formula is C16H25N3O. The van der Waals surface area contributed by atoms with Gasteiger partial charge in [0.15, 0.2) is 0 Å². The maximum atomic E-state index is 11.9. The lowest BCUT2D eigenvalue weighted by Crippen LogP contribution is -2.26. The van der Waals surface area contributed by atoms with Crippen molar-refractivity contribution < 1.29 is 4.79 Å². The number of hydrogen-bond donors (Lipinski definition) is 2. The first-order valence-corrected chi connectivity index (χ1v) is 7.62. The second kappa shape index (κ2) is 7.90. The van der Waals surface area contributed by atoms with Crippen LogP contribution in [0.15, 0.2) is 24.3 Å². The number of nitrogens with one attached hydrogen (secondary N) is 1. The van der Waals surface area contributed by atoms with Crippen LogP contribution in [0.3, 0.4) is 0 Å². The summed E-state index contributed by atoms with van der Waals surface area (Å²) in [6.45, 7) is 3.41. The Hall–Kier alpha value is -1.55. The van der Waals surface area contributed by atoms with Crippen LogP contribution in [0, 0.1) is 0 Å². The first-order chi connectivity index (χ1) is 9.74. The zero-order chi connectivity index (χ0) is 14.2. The fraction of sp³-hybridized carbons (Fsp3) is 0.562. The summed E-state index contributed by atoms with van der Waals surface area (Å²) in [6.07, 6.45) is 6.81. The van der Waals surface area contributed by atoms with Crippen LogP contribution in [-0.2, 0) is 4.79 Å². The van der Waals surface area contributed by atoms with Gasteiger partial charge in [-0.25, -0.2) is 0 Å². The number of hydrogen-bond acceptors (Lipinski definition) is 3. The predicted octanol–water partition coefficient (Wildman–Crippen LogP) is 2.86. The Labute approximate surface area is 121 Å². The largest absolute Gasteiger partial charge is 0.399 e. The molecule has 1 aliphatic rings. The highest BCUT2D eigenvalue weighted by Crippen LogP contribution is 2.13. The van der Waals surface area contributed by atoms with E-state index in [-0.39, 0.29) is 5.91 Å². The average molecular weight is 275 g/mol. The van der Waals surface area contributed by atoms with Gasteiger partial charge in [-0.1, -0.05) is 18.9 Å². The molecule has 0 aliphatic carbocycles. The van der Waals surface area contributed by atoms with E-state index in [9.17, 15) is 4.79 Å². The molecule has 0 radical (unpaired) electrons. The van der Waals surface area contributed by atoms with E-state index in [4.69, 9.17) is 5.73 Å². The number of amides is 1. The van der Waals surface area contributed by atoms with Crippen LogP contribution in [0.2, 0.25) is 0 Å². The number of nitrogens with zero attached hydrogens (tertiary/aromatic N) is 1. The maximum Gasteiger partial charge on any atom is 0.224 e. The maximum absolute atomic E-state index is 11.9. The van der Waals surface area contributed by atoms with Crippen molar-refractivity contribution in [2.24, 2.45) is 0 Å². The summed E-state index contributed by atoms with van der Waals surface area (Å²) >= 11 is 0. The molecule has 1 heterocycles. The fourth-order valence-electron chi connectivity index (χ4n) is 2.66. The van der Waals surface area contributed by atoms with Gasteiger partial charge in [-0.2, -0.15) is 0 Å². The van der Waals surface area contributed by atoms with E-state index < -0.39 is 0 Å². The third kappa shape index (κ3) is 5.21. The van der Waals surface area contributed by atoms with Crippen molar-refractivity contribution in [3.63, 3.8) is 0 Å². The highest BCUT2D eigenvalue weighted by atomic mass is 16.1. The third-order valence-electron chi connectivity index (χ3n) is 3.75. The lowest BCUT2D eigenvalue weighted by molar-refractivity contribution is -0.116. The smallest absolute Gasteiger partial charge is 0.224 e. The number of carbonyl (C=O) groups is 1. The van der Waals surface area contributed by atoms with Gasteiger partial charge in [0, 0.05) is 17.8 Å². The second-order valence-electron chi connectivity index (χ2n) is 5.53. The van der Waals surface area contributed by atoms with Crippen molar-refractivity contribution in [3.05, 3.63) is 24.3 Å². The van der Waals surface area contributed by atoms with Crippen LogP contribution in [0.5, 0.6) is 0 Å². The summed E-state index contributed by atoms with van der Waals surface area (Å²) in [5.74, 6) is 0.0745. The number of nitrogens with two attached hydrogens (primary N) is 1. The normalized spacial score (nSPS) is 16.6. The first-order valence-electron chi connectivity index (χ1n) is 7.62. The molecule has 3 N–H and O–H groups in total. The Morgan fingerprint density at radius 1 is 1.20 bits per heavy atom. The summed E-state index contributed by atoms with van der Waals surface area (Å²) in [7, 11) is 0. The zero-order valence-corrected chi connectivity index (χ0v) is 12.1. The summed E-state index contributed by atoms with van der Waals surface area (Å²) in [5.41, 5.74) is 7.14. The number of benzene rings is 1. The van der Waals surface area contributed by atoms with E-state index in [0.29, 0.717) is 12.1 Å². The summed E-state index contributed by atoms with van der Waals surface area (Å²) in [6, 6.07) is 7.31. The van der Waals surface area contributed by atoms with Crippen molar-refractivity contribution in [3.8, 4) is 0 Å². The highest BCUT2D eigenvalue weighted by molar-refractivity contribution is 5.91. The topological polar surface area (TPSA) is 58.4 Å². The minimum atomic E-state index is 0.0745. The molecular weight excluding hydrogens is 250 g/mol. The molecule has 0 aromatic heterocycles. The van der Waals surface area contributed by atoms with Crippen LogP contribution < -0.4 is 11.1 Å². The Morgan fingerprint density at radius 2 is 1.95 bits per heavy atom. The Kier molecular flexibility index (Phi) is 5.87. The summed E-state index contributed by atoms with van der Waals surface area (Å²) < 4.78 is 0. The van der Waals surface area contributed by atoms with E-state index in [1.54, 1.807) is 6.07 Å². The lowest BCUT2D eigenvalue weighted by atomic mass is 10.2. The van der Waals surface area contributed by atoms with Gasteiger partial charge in [0.1, 0.15) is 0 Å². The van der Waals surface area contributed by atoms with E-state index in [1.807, 2.05) is 18.2 Å². The molecule has 20 heavy (non-hydrogen) atoms. The predicted molar refractivity (Wildman–Crippen MR) is 83.6 cm³/mol. The molecule has 0 bridgehead atoms. The molecule has 1 aromatic rings. The van der Waals surface area contributed by atoms with Gasteiger partial charge in [0.05, 0.1) is 0 Å². The van der Waals surface area contributed by atoms with E-state index in [1.165, 1.54) is 38.8 Å². The van der Waals surface area contributed by atoms with Crippen molar-refractivity contribution in [2.45, 2.75) is 38.5 Å². The molecule has 4 heteroatoms. The number of likely N-dealkylation sites (tertiary alicyclic amines) is 1. The lowest BCUT2D eigenvalue weighted by Gasteiger charge is -2.19. The average Bonchev–Trinajstić information content (AvgIpc) is 2.67. The standard InChI is InChI=1S/C16H25N3O/c17-14-7-5-8-15(13-14)18-16(20)9-6-12-19-10-3-1-2-4-11-19/h5,7-8,13H,1-4,6,9-12,17H2,(H,18,20). The number of rotatable bonds is 5. The molecule has 0 atom stereocenters. The molecule has 0 saturated carbocycles. The quantitative estimate of drug-likeness (QED) is 0.812. The Balaban J connectivity index is 1.67. The number of anilines is 2. The monoisotopic (exact) mass is 275 g/mol. The van der Waals surface area contributed by atoms with Crippen LogP contribution in [0.25, 0.3) is 0 Å². The summed E-state index contributed by atoms with van der Waals surface area (Å²) in [4.78, 5) is 14.3. The van der Waals surface area contributed by atoms with E-state index >= 15 is 0 Å². The van der Waals surface area contributed by atoms with Gasteiger partial charge in [-0.3, -0.25) is 4.79 Å². The third-order valence-corrected chi connectivity index (χ3v) is 3.75. The highest BCUT2D eigenvalue weighted by Gasteiger charge is 2.09. The molecule has 1 fully saturated rings. The molecule has 4 nitrogen and oxygen atoms in total. The van der Waals surface area contributed by atoms with Crippen LogP contribution >= 0.6 is 0 Å². The summed E-state index contributed by atoms with van der Waals surface area (Å²) in [5, 5.41) is 2.90. The van der Waals surface area contributed by atoms with E-state index in [0.717, 1.165) is 18.7 Å². The minimum absolute atomic E-state index is 0.0745. The van der Waals surface area contributed by atoms with Crippen LogP contribution in [0.1, 0.15) is 38.5 Å². The molecule has 110 valence electrons. The second-order valence-corrected chi connectivity index (χ2v) is 5.53. The molecule has 1 aromatic carbocycles. The van der Waals surface area contributed by atoms with E-state index in [2.05, 4.69) is 10.2 Å². The van der Waals surface area contributed by atoms with Gasteiger partial charge < -0.3 is 16.0 Å². The Bertz CT molecular complexity index is 425. The Morgan fingerprint density at radius 3 is 2.65 bits per heavy atom. The fourth-order valence-corrected chi connectivity index (χ4v) is 2.66. The zero-order valence-electron chi connectivity index (χ0n) is 12.1. The van der Waals surface area contributed by atoms with Gasteiger partial charge >= 0.3 is 0 Å². The van der Waals surface area contributed by atoms with Crippen LogP contribution in [-0.4, -0.2) is 30.4 Å². The minimum Gasteiger partial charge on any atom is -0.399 e. The van der Waals surface area contributed by atoms with Gasteiger partial charge in [0.2, 0.25) is 5.91 Å². The molecule has 0 spiro atoms. The molecule has 1 aliphatic heterocycles.